The summed E-state index contributed by atoms with van der Waals surface area (Å²) in [6, 6.07) is 12.7. The van der Waals surface area contributed by atoms with E-state index in [1.54, 1.807) is 36.4 Å². The molecule has 2 aromatic rings. The number of anilines is 1. The van der Waals surface area contributed by atoms with Crippen LogP contribution in [0.5, 0.6) is 0 Å². The average molecular weight is 397 g/mol. The molecule has 0 aliphatic carbocycles. The van der Waals surface area contributed by atoms with Crippen molar-refractivity contribution in [2.24, 2.45) is 0 Å². The fourth-order valence-corrected chi connectivity index (χ4v) is 2.41. The van der Waals surface area contributed by atoms with Gasteiger partial charge in [0.2, 0.25) is 0 Å². The Hall–Kier alpha value is -3.68. The lowest BCUT2D eigenvalue weighted by molar-refractivity contribution is -0.123. The van der Waals surface area contributed by atoms with Crippen LogP contribution in [0, 0.1) is 6.92 Å². The lowest BCUT2D eigenvalue weighted by Crippen LogP contribution is -2.41. The molecule has 8 nitrogen and oxygen atoms in total. The maximum Gasteiger partial charge on any atom is 0.340 e. The first-order chi connectivity index (χ1) is 13.9. The van der Waals surface area contributed by atoms with Crippen molar-refractivity contribution in [3.8, 4) is 0 Å². The predicted octanol–water partition coefficient (Wildman–Crippen LogP) is 2.64. The zero-order valence-electron chi connectivity index (χ0n) is 16.3. The van der Waals surface area contributed by atoms with Gasteiger partial charge in [0.05, 0.1) is 11.3 Å². The number of benzene rings is 2. The third-order valence-corrected chi connectivity index (χ3v) is 3.80. The number of aryl methyl sites for hydroxylation is 1. The van der Waals surface area contributed by atoms with Crippen LogP contribution >= 0.6 is 0 Å². The molecule has 29 heavy (non-hydrogen) atoms. The molecule has 0 fully saturated rings. The van der Waals surface area contributed by atoms with E-state index in [2.05, 4.69) is 16.0 Å². The molecule has 0 aliphatic heterocycles. The van der Waals surface area contributed by atoms with Crippen molar-refractivity contribution in [3.63, 3.8) is 0 Å². The monoisotopic (exact) mass is 397 g/mol. The Labute approximate surface area is 168 Å². The summed E-state index contributed by atoms with van der Waals surface area (Å²) >= 11 is 0. The Morgan fingerprint density at radius 1 is 1.00 bits per heavy atom. The molecular weight excluding hydrogens is 374 g/mol. The van der Waals surface area contributed by atoms with E-state index in [1.807, 2.05) is 19.9 Å². The number of para-hydroxylation sites is 1. The Morgan fingerprint density at radius 3 is 2.48 bits per heavy atom. The minimum absolute atomic E-state index is 0.0942. The molecule has 0 saturated carbocycles. The quantitative estimate of drug-likeness (QED) is 0.622. The summed E-state index contributed by atoms with van der Waals surface area (Å²) in [5.74, 6) is -1.93. The molecule has 0 saturated heterocycles. The van der Waals surface area contributed by atoms with Crippen molar-refractivity contribution in [3.05, 3.63) is 65.2 Å². The van der Waals surface area contributed by atoms with Gasteiger partial charge in [-0.3, -0.25) is 14.9 Å². The van der Waals surface area contributed by atoms with Crippen LogP contribution in [0.3, 0.4) is 0 Å². The summed E-state index contributed by atoms with van der Waals surface area (Å²) in [5.41, 5.74) is 1.73. The van der Waals surface area contributed by atoms with E-state index in [0.717, 1.165) is 12.0 Å². The average Bonchev–Trinajstić information content (AvgIpc) is 2.70. The van der Waals surface area contributed by atoms with Gasteiger partial charge in [-0.15, -0.1) is 0 Å². The minimum Gasteiger partial charge on any atom is -0.452 e. The first-order valence-electron chi connectivity index (χ1n) is 9.12. The molecule has 152 valence electrons. The van der Waals surface area contributed by atoms with E-state index >= 15 is 0 Å². The van der Waals surface area contributed by atoms with Gasteiger partial charge in [-0.1, -0.05) is 36.8 Å². The van der Waals surface area contributed by atoms with Gasteiger partial charge in [0.15, 0.2) is 6.61 Å². The molecule has 0 aromatic heterocycles. The van der Waals surface area contributed by atoms with E-state index in [1.165, 1.54) is 6.07 Å². The molecule has 0 bridgehead atoms. The lowest BCUT2D eigenvalue weighted by atomic mass is 10.1. The molecule has 0 aliphatic rings. The molecule has 0 heterocycles. The van der Waals surface area contributed by atoms with Gasteiger partial charge >= 0.3 is 12.0 Å². The standard InChI is InChI=1S/C21H23N3O5/c1-3-11-22-21(28)24-18(25)13-29-20(27)16-9-4-5-10-17(16)23-19(26)15-8-6-7-14(2)12-15/h4-10,12H,3,11,13H2,1-2H3,(H,23,26)(H2,22,24,25,28). The van der Waals surface area contributed by atoms with Gasteiger partial charge in [0.1, 0.15) is 0 Å². The topological polar surface area (TPSA) is 114 Å². The highest BCUT2D eigenvalue weighted by atomic mass is 16.5. The highest BCUT2D eigenvalue weighted by Crippen LogP contribution is 2.17. The van der Waals surface area contributed by atoms with Gasteiger partial charge in [-0.05, 0) is 37.6 Å². The molecular formula is C21H23N3O5. The number of carbonyl (C=O) groups is 4. The largest absolute Gasteiger partial charge is 0.452 e. The third-order valence-electron chi connectivity index (χ3n) is 3.80. The molecule has 2 aromatic carbocycles. The smallest absolute Gasteiger partial charge is 0.340 e. The molecule has 0 unspecified atom stereocenters. The van der Waals surface area contributed by atoms with Crippen LogP contribution in [0.2, 0.25) is 0 Å². The molecule has 3 N–H and O–H groups in total. The van der Waals surface area contributed by atoms with E-state index in [4.69, 9.17) is 4.74 Å². The summed E-state index contributed by atoms with van der Waals surface area (Å²) in [6.07, 6.45) is 0.724. The summed E-state index contributed by atoms with van der Waals surface area (Å²) < 4.78 is 4.96. The second-order valence-electron chi connectivity index (χ2n) is 6.25. The molecule has 2 rings (SSSR count). The molecule has 8 heteroatoms. The zero-order chi connectivity index (χ0) is 21.2. The fourth-order valence-electron chi connectivity index (χ4n) is 2.41. The number of hydrogen-bond donors (Lipinski definition) is 3. The van der Waals surface area contributed by atoms with Crippen molar-refractivity contribution in [2.75, 3.05) is 18.5 Å². The highest BCUT2D eigenvalue weighted by molar-refractivity contribution is 6.08. The zero-order valence-corrected chi connectivity index (χ0v) is 16.3. The van der Waals surface area contributed by atoms with Crippen LogP contribution in [-0.4, -0.2) is 37.0 Å². The second kappa shape index (κ2) is 10.6. The summed E-state index contributed by atoms with van der Waals surface area (Å²) in [6.45, 7) is 3.54. The molecule has 4 amide bonds. The second-order valence-corrected chi connectivity index (χ2v) is 6.25. The maximum absolute atomic E-state index is 12.4. The van der Waals surface area contributed by atoms with Gasteiger partial charge in [0, 0.05) is 12.1 Å². The van der Waals surface area contributed by atoms with Gasteiger partial charge in [-0.25, -0.2) is 9.59 Å². The van der Waals surface area contributed by atoms with E-state index in [0.29, 0.717) is 12.1 Å². The Kier molecular flexibility index (Phi) is 7.90. The summed E-state index contributed by atoms with van der Waals surface area (Å²) in [5, 5.41) is 7.21. The van der Waals surface area contributed by atoms with Crippen LogP contribution in [0.25, 0.3) is 0 Å². The lowest BCUT2D eigenvalue weighted by Gasteiger charge is -2.11. The van der Waals surface area contributed by atoms with Crippen molar-refractivity contribution in [2.45, 2.75) is 20.3 Å². The number of carbonyl (C=O) groups excluding carboxylic acids is 4. The number of amides is 4. The van der Waals surface area contributed by atoms with Gasteiger partial charge < -0.3 is 15.4 Å². The van der Waals surface area contributed by atoms with Crippen LogP contribution in [0.4, 0.5) is 10.5 Å². The molecule has 0 atom stereocenters. The number of urea groups is 1. The fraction of sp³-hybridized carbons (Fsp3) is 0.238. The van der Waals surface area contributed by atoms with Crippen LogP contribution < -0.4 is 16.0 Å². The Balaban J connectivity index is 1.98. The van der Waals surface area contributed by atoms with Crippen LogP contribution in [-0.2, 0) is 9.53 Å². The Morgan fingerprint density at radius 2 is 1.76 bits per heavy atom. The van der Waals surface area contributed by atoms with E-state index < -0.39 is 24.5 Å². The summed E-state index contributed by atoms with van der Waals surface area (Å²) in [4.78, 5) is 47.9. The Bertz CT molecular complexity index is 911. The van der Waals surface area contributed by atoms with E-state index in [9.17, 15) is 19.2 Å². The van der Waals surface area contributed by atoms with E-state index in [-0.39, 0.29) is 17.2 Å². The van der Waals surface area contributed by atoms with Crippen molar-refractivity contribution in [1.82, 2.24) is 10.6 Å². The number of esters is 1. The number of ether oxygens (including phenoxy) is 1. The van der Waals surface area contributed by atoms with Crippen molar-refractivity contribution >= 4 is 29.5 Å². The normalized spacial score (nSPS) is 10.0. The summed E-state index contributed by atoms with van der Waals surface area (Å²) in [7, 11) is 0. The van der Waals surface area contributed by atoms with Gasteiger partial charge in [-0.2, -0.15) is 0 Å². The molecule has 0 spiro atoms. The molecule has 0 radical (unpaired) electrons. The first-order valence-corrected chi connectivity index (χ1v) is 9.12. The van der Waals surface area contributed by atoms with Crippen molar-refractivity contribution < 1.29 is 23.9 Å². The number of imide groups is 1. The number of nitrogens with one attached hydrogen (secondary N) is 3. The number of hydrogen-bond acceptors (Lipinski definition) is 5. The van der Waals surface area contributed by atoms with Crippen LogP contribution in [0.1, 0.15) is 39.6 Å². The SMILES string of the molecule is CCCNC(=O)NC(=O)COC(=O)c1ccccc1NC(=O)c1cccc(C)c1. The third kappa shape index (κ3) is 6.76. The predicted molar refractivity (Wildman–Crippen MR) is 108 cm³/mol. The highest BCUT2D eigenvalue weighted by Gasteiger charge is 2.17. The number of rotatable bonds is 7. The van der Waals surface area contributed by atoms with Gasteiger partial charge in [0.25, 0.3) is 11.8 Å². The van der Waals surface area contributed by atoms with Crippen LogP contribution in [0.15, 0.2) is 48.5 Å². The first kappa shape index (κ1) is 21.6. The van der Waals surface area contributed by atoms with Crippen molar-refractivity contribution in [1.29, 1.82) is 0 Å². The maximum atomic E-state index is 12.4. The minimum atomic E-state index is -0.797.